The van der Waals surface area contributed by atoms with Gasteiger partial charge in [-0.25, -0.2) is 0 Å². The number of para-hydroxylation sites is 1. The lowest BCUT2D eigenvalue weighted by molar-refractivity contribution is -0.125. The van der Waals surface area contributed by atoms with E-state index >= 15 is 0 Å². The van der Waals surface area contributed by atoms with E-state index in [1.807, 2.05) is 75.4 Å². The first-order chi connectivity index (χ1) is 12.8. The number of carbonyl (C=O) groups excluding carboxylic acids is 1. The van der Waals surface area contributed by atoms with Gasteiger partial charge in [-0.05, 0) is 36.4 Å². The first-order valence-corrected chi connectivity index (χ1v) is 8.82. The Morgan fingerprint density at radius 1 is 1.07 bits per heavy atom. The van der Waals surface area contributed by atoms with Gasteiger partial charge in [0.1, 0.15) is 18.1 Å². The molecule has 0 bridgehead atoms. The molecule has 2 aromatic carbocycles. The zero-order valence-corrected chi connectivity index (χ0v) is 16.1. The lowest BCUT2D eigenvalue weighted by Gasteiger charge is -2.26. The summed E-state index contributed by atoms with van der Waals surface area (Å²) in [5.74, 6) is 0.776. The molecule has 0 aliphatic heterocycles. The predicted molar refractivity (Wildman–Crippen MR) is 105 cm³/mol. The summed E-state index contributed by atoms with van der Waals surface area (Å²) in [6, 6.07) is 17.2. The van der Waals surface area contributed by atoms with Crippen LogP contribution in [-0.2, 0) is 11.4 Å². The average Bonchev–Trinajstić information content (AvgIpc) is 3.15. The highest BCUT2D eigenvalue weighted by molar-refractivity contribution is 5.96. The molecule has 0 aliphatic rings. The number of hydrogen-bond acceptors (Lipinski definition) is 4. The number of carbonyl (C=O) groups is 1. The molecule has 3 aromatic rings. The zero-order chi connectivity index (χ0) is 19.4. The van der Waals surface area contributed by atoms with Gasteiger partial charge >= 0.3 is 0 Å². The van der Waals surface area contributed by atoms with Crippen LogP contribution in [0.15, 0.2) is 60.8 Å². The van der Waals surface area contributed by atoms with Crippen LogP contribution in [0.25, 0.3) is 5.69 Å². The second-order valence-corrected chi connectivity index (χ2v) is 7.36. The highest BCUT2D eigenvalue weighted by Crippen LogP contribution is 2.24. The summed E-state index contributed by atoms with van der Waals surface area (Å²) in [5.41, 5.74) is 2.05. The van der Waals surface area contributed by atoms with Gasteiger partial charge in [0.25, 0.3) is 0 Å². The van der Waals surface area contributed by atoms with Gasteiger partial charge in [0.15, 0.2) is 0 Å². The fraction of sp³-hybridized carbons (Fsp3) is 0.286. The Balaban J connectivity index is 1.61. The summed E-state index contributed by atoms with van der Waals surface area (Å²) in [5, 5.41) is 8.68. The van der Waals surface area contributed by atoms with E-state index in [4.69, 9.17) is 4.74 Å². The van der Waals surface area contributed by atoms with E-state index in [2.05, 4.69) is 10.2 Å². The molecule has 1 amide bonds. The van der Waals surface area contributed by atoms with Crippen LogP contribution in [0, 0.1) is 5.41 Å². The first kappa shape index (κ1) is 18.6. The minimum Gasteiger partial charge on any atom is -0.487 e. The molecule has 6 heteroatoms. The Morgan fingerprint density at radius 2 is 1.74 bits per heavy atom. The van der Waals surface area contributed by atoms with Crippen molar-refractivity contribution in [2.24, 2.45) is 5.41 Å². The van der Waals surface area contributed by atoms with Crippen molar-refractivity contribution >= 4 is 11.6 Å². The molecule has 6 nitrogen and oxygen atoms in total. The largest absolute Gasteiger partial charge is 0.487 e. The van der Waals surface area contributed by atoms with Crippen LogP contribution in [0.4, 0.5) is 5.69 Å². The summed E-state index contributed by atoms with van der Waals surface area (Å²) in [6.45, 7) is 6.05. The van der Waals surface area contributed by atoms with Crippen LogP contribution >= 0.6 is 0 Å². The summed E-state index contributed by atoms with van der Waals surface area (Å²) in [4.78, 5) is 15.6. The topological polar surface area (TPSA) is 60.3 Å². The van der Waals surface area contributed by atoms with Crippen LogP contribution in [0.3, 0.4) is 0 Å². The van der Waals surface area contributed by atoms with Gasteiger partial charge in [0, 0.05) is 18.2 Å². The maximum absolute atomic E-state index is 12.4. The van der Waals surface area contributed by atoms with Crippen molar-refractivity contribution in [1.29, 1.82) is 0 Å². The molecule has 0 saturated carbocycles. The molecule has 0 saturated heterocycles. The number of nitrogens with zero attached hydrogens (tertiary/aromatic N) is 4. The fourth-order valence-corrected chi connectivity index (χ4v) is 2.59. The van der Waals surface area contributed by atoms with E-state index in [0.29, 0.717) is 12.4 Å². The van der Waals surface area contributed by atoms with Gasteiger partial charge in [-0.1, -0.05) is 39.0 Å². The molecule has 0 fully saturated rings. The molecule has 0 aliphatic carbocycles. The second kappa shape index (κ2) is 7.61. The highest BCUT2D eigenvalue weighted by Gasteiger charge is 2.25. The van der Waals surface area contributed by atoms with Crippen LogP contribution in [0.1, 0.15) is 26.5 Å². The van der Waals surface area contributed by atoms with Crippen LogP contribution in [-0.4, -0.2) is 27.9 Å². The second-order valence-electron chi connectivity index (χ2n) is 7.36. The zero-order valence-electron chi connectivity index (χ0n) is 16.1. The Labute approximate surface area is 159 Å². The summed E-state index contributed by atoms with van der Waals surface area (Å²) < 4.78 is 5.78. The number of anilines is 1. The van der Waals surface area contributed by atoms with E-state index in [9.17, 15) is 4.79 Å². The maximum Gasteiger partial charge on any atom is 0.232 e. The minimum absolute atomic E-state index is 0.0636. The van der Waals surface area contributed by atoms with E-state index in [1.54, 1.807) is 22.9 Å². The van der Waals surface area contributed by atoms with Crippen LogP contribution in [0.5, 0.6) is 5.75 Å². The smallest absolute Gasteiger partial charge is 0.232 e. The van der Waals surface area contributed by atoms with Crippen molar-refractivity contribution in [3.63, 3.8) is 0 Å². The van der Waals surface area contributed by atoms with E-state index in [-0.39, 0.29) is 5.91 Å². The molecule has 1 heterocycles. The van der Waals surface area contributed by atoms with Gasteiger partial charge < -0.3 is 9.64 Å². The Kier molecular flexibility index (Phi) is 5.26. The van der Waals surface area contributed by atoms with Crippen molar-refractivity contribution in [2.45, 2.75) is 27.4 Å². The Morgan fingerprint density at radius 3 is 2.37 bits per heavy atom. The van der Waals surface area contributed by atoms with Crippen molar-refractivity contribution in [1.82, 2.24) is 15.0 Å². The molecule has 27 heavy (non-hydrogen) atoms. The Bertz CT molecular complexity index is 896. The maximum atomic E-state index is 12.4. The number of benzene rings is 2. The van der Waals surface area contributed by atoms with Gasteiger partial charge in [-0.15, -0.1) is 5.10 Å². The standard InChI is InChI=1S/C21H24N4O2/c1-21(2,3)20(26)24(4)17-10-12-19(13-11-17)27-15-16-14-22-25(23-16)18-8-6-5-7-9-18/h5-14H,15H2,1-4H3. The third kappa shape index (κ3) is 4.53. The first-order valence-electron chi connectivity index (χ1n) is 8.82. The van der Waals surface area contributed by atoms with Crippen LogP contribution in [0.2, 0.25) is 0 Å². The fourth-order valence-electron chi connectivity index (χ4n) is 2.59. The number of ether oxygens (including phenoxy) is 1. The number of hydrogen-bond donors (Lipinski definition) is 0. The lowest BCUT2D eigenvalue weighted by Crippen LogP contribution is -2.36. The van der Waals surface area contributed by atoms with Crippen molar-refractivity contribution in [3.8, 4) is 11.4 Å². The monoisotopic (exact) mass is 364 g/mol. The molecule has 3 rings (SSSR count). The average molecular weight is 364 g/mol. The predicted octanol–water partition coefficient (Wildman–Crippen LogP) is 3.86. The van der Waals surface area contributed by atoms with Gasteiger partial charge in [-0.2, -0.15) is 9.90 Å². The molecule has 140 valence electrons. The molecule has 0 atom stereocenters. The molecule has 0 unspecified atom stereocenters. The minimum atomic E-state index is -0.422. The number of rotatable bonds is 5. The third-order valence-corrected chi connectivity index (χ3v) is 4.08. The molecule has 1 aromatic heterocycles. The molecular weight excluding hydrogens is 340 g/mol. The molecule has 0 radical (unpaired) electrons. The summed E-state index contributed by atoms with van der Waals surface area (Å²) in [6.07, 6.45) is 1.69. The normalized spacial score (nSPS) is 11.3. The van der Waals surface area contributed by atoms with Gasteiger partial charge in [-0.3, -0.25) is 4.79 Å². The summed E-state index contributed by atoms with van der Waals surface area (Å²) in [7, 11) is 1.78. The Hall–Kier alpha value is -3.15. The van der Waals surface area contributed by atoms with E-state index in [0.717, 1.165) is 17.1 Å². The van der Waals surface area contributed by atoms with Gasteiger partial charge in [0.05, 0.1) is 11.9 Å². The highest BCUT2D eigenvalue weighted by atomic mass is 16.5. The SMILES string of the molecule is CN(C(=O)C(C)(C)C)c1ccc(OCc2cnn(-c3ccccc3)n2)cc1. The van der Waals surface area contributed by atoms with E-state index < -0.39 is 5.41 Å². The molecule has 0 spiro atoms. The molecule has 0 N–H and O–H groups in total. The quantitative estimate of drug-likeness (QED) is 0.690. The number of aromatic nitrogens is 3. The van der Waals surface area contributed by atoms with Crippen molar-refractivity contribution < 1.29 is 9.53 Å². The number of amides is 1. The van der Waals surface area contributed by atoms with Crippen molar-refractivity contribution in [3.05, 3.63) is 66.5 Å². The van der Waals surface area contributed by atoms with E-state index in [1.165, 1.54) is 0 Å². The summed E-state index contributed by atoms with van der Waals surface area (Å²) >= 11 is 0. The van der Waals surface area contributed by atoms with Crippen LogP contribution < -0.4 is 9.64 Å². The molecular formula is C21H24N4O2. The lowest BCUT2D eigenvalue weighted by atomic mass is 9.95. The third-order valence-electron chi connectivity index (χ3n) is 4.08. The van der Waals surface area contributed by atoms with Crippen molar-refractivity contribution in [2.75, 3.05) is 11.9 Å². The van der Waals surface area contributed by atoms with Gasteiger partial charge in [0.2, 0.25) is 5.91 Å².